The minimum absolute atomic E-state index is 0.0430. The van der Waals surface area contributed by atoms with E-state index in [9.17, 15) is 4.79 Å². The molecule has 1 fully saturated rings. The van der Waals surface area contributed by atoms with Crippen LogP contribution in [0, 0.1) is 0 Å². The van der Waals surface area contributed by atoms with Crippen molar-refractivity contribution in [3.63, 3.8) is 0 Å². The molecule has 92 valence electrons. The van der Waals surface area contributed by atoms with Gasteiger partial charge in [0.25, 0.3) is 0 Å². The average Bonchev–Trinajstić information content (AvgIpc) is 2.53. The highest BCUT2D eigenvalue weighted by molar-refractivity contribution is 6.33. The molecule has 4 nitrogen and oxygen atoms in total. The molecule has 1 heterocycles. The minimum Gasteiger partial charge on any atom is -0.361 e. The van der Waals surface area contributed by atoms with E-state index < -0.39 is 0 Å². The normalized spacial score (nSPS) is 16.6. The first-order valence-corrected chi connectivity index (χ1v) is 6.08. The number of halogens is 1. The van der Waals surface area contributed by atoms with Gasteiger partial charge in [0.2, 0.25) is 5.91 Å². The molecule has 0 atom stereocenters. The number of carbonyl (C=O) groups excluding carboxylic acids is 1. The molecule has 0 bridgehead atoms. The van der Waals surface area contributed by atoms with Crippen molar-refractivity contribution < 1.29 is 4.79 Å². The molecular formula is C12H16ClN3O. The lowest BCUT2D eigenvalue weighted by atomic mass is 10.2. The summed E-state index contributed by atoms with van der Waals surface area (Å²) in [4.78, 5) is 13.5. The van der Waals surface area contributed by atoms with Crippen LogP contribution in [-0.2, 0) is 11.3 Å². The van der Waals surface area contributed by atoms with Gasteiger partial charge in [-0.25, -0.2) is 0 Å². The quantitative estimate of drug-likeness (QED) is 0.831. The maximum absolute atomic E-state index is 11.5. The Morgan fingerprint density at radius 2 is 2.29 bits per heavy atom. The smallest absolute Gasteiger partial charge is 0.239 e. The van der Waals surface area contributed by atoms with Gasteiger partial charge in [0, 0.05) is 19.6 Å². The van der Waals surface area contributed by atoms with Gasteiger partial charge in [0.1, 0.15) is 0 Å². The van der Waals surface area contributed by atoms with Gasteiger partial charge < -0.3 is 16.0 Å². The van der Waals surface area contributed by atoms with Crippen molar-refractivity contribution in [2.24, 2.45) is 5.73 Å². The van der Waals surface area contributed by atoms with Gasteiger partial charge in [-0.2, -0.15) is 0 Å². The van der Waals surface area contributed by atoms with E-state index in [1.54, 1.807) is 0 Å². The molecule has 3 N–H and O–H groups in total. The van der Waals surface area contributed by atoms with E-state index in [1.807, 2.05) is 23.1 Å². The summed E-state index contributed by atoms with van der Waals surface area (Å²) in [5.41, 5.74) is 7.46. The number of rotatable bonds is 2. The zero-order valence-electron chi connectivity index (χ0n) is 9.58. The summed E-state index contributed by atoms with van der Waals surface area (Å²) in [6.07, 6.45) is 0.931. The molecule has 1 saturated heterocycles. The van der Waals surface area contributed by atoms with Crippen LogP contribution in [0.25, 0.3) is 0 Å². The van der Waals surface area contributed by atoms with Gasteiger partial charge in [-0.15, -0.1) is 0 Å². The SMILES string of the molecule is NCc1ccc(N2CCCNC(=O)C2)c(Cl)c1. The van der Waals surface area contributed by atoms with Gasteiger partial charge in [0.05, 0.1) is 17.3 Å². The van der Waals surface area contributed by atoms with Crippen LogP contribution in [-0.4, -0.2) is 25.5 Å². The zero-order valence-corrected chi connectivity index (χ0v) is 10.3. The van der Waals surface area contributed by atoms with Gasteiger partial charge in [0.15, 0.2) is 0 Å². The first-order chi connectivity index (χ1) is 8.20. The van der Waals surface area contributed by atoms with E-state index in [0.717, 1.165) is 30.8 Å². The van der Waals surface area contributed by atoms with Crippen LogP contribution in [0.1, 0.15) is 12.0 Å². The van der Waals surface area contributed by atoms with Gasteiger partial charge >= 0.3 is 0 Å². The lowest BCUT2D eigenvalue weighted by Crippen LogP contribution is -2.33. The van der Waals surface area contributed by atoms with E-state index in [2.05, 4.69) is 5.32 Å². The number of nitrogens with two attached hydrogens (primary N) is 1. The molecule has 2 rings (SSSR count). The third kappa shape index (κ3) is 2.90. The molecule has 1 aromatic carbocycles. The van der Waals surface area contributed by atoms with Crippen molar-refractivity contribution in [1.82, 2.24) is 5.32 Å². The maximum atomic E-state index is 11.5. The number of hydrogen-bond acceptors (Lipinski definition) is 3. The number of anilines is 1. The molecule has 1 aliphatic rings. The topological polar surface area (TPSA) is 58.4 Å². The monoisotopic (exact) mass is 253 g/mol. The Labute approximate surface area is 106 Å². The Hall–Kier alpha value is -1.26. The molecule has 0 saturated carbocycles. The predicted octanol–water partition coefficient (Wildman–Crippen LogP) is 1.12. The van der Waals surface area contributed by atoms with Crippen molar-refractivity contribution in [3.05, 3.63) is 28.8 Å². The third-order valence-corrected chi connectivity index (χ3v) is 3.15. The van der Waals surface area contributed by atoms with E-state index in [0.29, 0.717) is 18.1 Å². The van der Waals surface area contributed by atoms with Gasteiger partial charge in [-0.1, -0.05) is 17.7 Å². The lowest BCUT2D eigenvalue weighted by Gasteiger charge is -2.22. The Balaban J connectivity index is 2.23. The van der Waals surface area contributed by atoms with Crippen LogP contribution in [0.4, 0.5) is 5.69 Å². The number of nitrogens with one attached hydrogen (secondary N) is 1. The van der Waals surface area contributed by atoms with Crippen LogP contribution in [0.2, 0.25) is 5.02 Å². The second-order valence-corrected chi connectivity index (χ2v) is 4.52. The Morgan fingerprint density at radius 1 is 1.47 bits per heavy atom. The van der Waals surface area contributed by atoms with E-state index in [-0.39, 0.29) is 5.91 Å². The van der Waals surface area contributed by atoms with Crippen LogP contribution in [0.5, 0.6) is 0 Å². The Bertz CT molecular complexity index is 422. The number of carbonyl (C=O) groups is 1. The van der Waals surface area contributed by atoms with Crippen LogP contribution in [0.15, 0.2) is 18.2 Å². The first kappa shape index (κ1) is 12.2. The molecule has 1 amide bonds. The fourth-order valence-electron chi connectivity index (χ4n) is 1.95. The molecule has 1 aromatic rings. The average molecular weight is 254 g/mol. The van der Waals surface area contributed by atoms with E-state index in [4.69, 9.17) is 17.3 Å². The predicted molar refractivity (Wildman–Crippen MR) is 69.2 cm³/mol. The number of benzene rings is 1. The first-order valence-electron chi connectivity index (χ1n) is 5.71. The number of hydrogen-bond donors (Lipinski definition) is 2. The van der Waals surface area contributed by atoms with Crippen LogP contribution < -0.4 is 16.0 Å². The van der Waals surface area contributed by atoms with Crippen molar-refractivity contribution in [1.29, 1.82) is 0 Å². The van der Waals surface area contributed by atoms with E-state index in [1.165, 1.54) is 0 Å². The zero-order chi connectivity index (χ0) is 12.3. The summed E-state index contributed by atoms with van der Waals surface area (Å²) in [5.74, 6) is 0.0430. The van der Waals surface area contributed by atoms with Crippen molar-refractivity contribution in [2.45, 2.75) is 13.0 Å². The second-order valence-electron chi connectivity index (χ2n) is 4.11. The Morgan fingerprint density at radius 3 is 3.00 bits per heavy atom. The number of amides is 1. The van der Waals surface area contributed by atoms with Gasteiger partial charge in [-0.05, 0) is 24.1 Å². The lowest BCUT2D eigenvalue weighted by molar-refractivity contribution is -0.119. The second kappa shape index (κ2) is 5.38. The fraction of sp³-hybridized carbons (Fsp3) is 0.417. The highest BCUT2D eigenvalue weighted by Gasteiger charge is 2.17. The molecule has 1 aliphatic heterocycles. The third-order valence-electron chi connectivity index (χ3n) is 2.85. The Kier molecular flexibility index (Phi) is 3.86. The summed E-state index contributed by atoms with van der Waals surface area (Å²) in [7, 11) is 0. The van der Waals surface area contributed by atoms with Gasteiger partial charge in [-0.3, -0.25) is 4.79 Å². The standard InChI is InChI=1S/C12H16ClN3O/c13-10-6-9(7-14)2-3-11(10)16-5-1-4-15-12(17)8-16/h2-3,6H,1,4-5,7-8,14H2,(H,15,17). The summed E-state index contributed by atoms with van der Waals surface area (Å²) in [6, 6.07) is 5.74. The molecule has 0 unspecified atom stereocenters. The van der Waals surface area contributed by atoms with Crippen LogP contribution >= 0.6 is 11.6 Å². The summed E-state index contributed by atoms with van der Waals surface area (Å²) in [6.45, 7) is 2.40. The highest BCUT2D eigenvalue weighted by atomic mass is 35.5. The summed E-state index contributed by atoms with van der Waals surface area (Å²) < 4.78 is 0. The molecule has 0 spiro atoms. The van der Waals surface area contributed by atoms with Crippen molar-refractivity contribution in [3.8, 4) is 0 Å². The molecule has 0 radical (unpaired) electrons. The maximum Gasteiger partial charge on any atom is 0.239 e. The molecule has 0 aliphatic carbocycles. The fourth-order valence-corrected chi connectivity index (χ4v) is 2.27. The molecule has 0 aromatic heterocycles. The van der Waals surface area contributed by atoms with Crippen LogP contribution in [0.3, 0.4) is 0 Å². The highest BCUT2D eigenvalue weighted by Crippen LogP contribution is 2.27. The molecule has 5 heteroatoms. The van der Waals surface area contributed by atoms with Crippen molar-refractivity contribution in [2.75, 3.05) is 24.5 Å². The number of nitrogens with zero attached hydrogens (tertiary/aromatic N) is 1. The molecular weight excluding hydrogens is 238 g/mol. The molecule has 17 heavy (non-hydrogen) atoms. The van der Waals surface area contributed by atoms with E-state index >= 15 is 0 Å². The summed E-state index contributed by atoms with van der Waals surface area (Å²) in [5, 5.41) is 3.50. The summed E-state index contributed by atoms with van der Waals surface area (Å²) >= 11 is 6.21. The largest absolute Gasteiger partial charge is 0.361 e. The van der Waals surface area contributed by atoms with Crippen molar-refractivity contribution >= 4 is 23.2 Å². The minimum atomic E-state index is 0.0430.